The van der Waals surface area contributed by atoms with Crippen LogP contribution in [0, 0.1) is 43.4 Å². The van der Waals surface area contributed by atoms with Gasteiger partial charge in [-0.15, -0.1) is 0 Å². The van der Waals surface area contributed by atoms with Crippen molar-refractivity contribution in [1.29, 1.82) is 10.5 Å². The van der Waals surface area contributed by atoms with Crippen LogP contribution in [0.15, 0.2) is 35.4 Å². The molecule has 0 unspecified atom stereocenters. The molecule has 0 bridgehead atoms. The lowest BCUT2D eigenvalue weighted by atomic mass is 10.1. The third kappa shape index (κ3) is 4.67. The van der Waals surface area contributed by atoms with E-state index < -0.39 is 5.25 Å². The fourth-order valence-electron chi connectivity index (χ4n) is 2.70. The highest BCUT2D eigenvalue weighted by molar-refractivity contribution is 8.00. The molecule has 0 spiro atoms. The molecule has 0 N–H and O–H groups in total. The Morgan fingerprint density at radius 2 is 1.85 bits per heavy atom. The number of para-hydroxylation sites is 1. The number of nitriles is 2. The van der Waals surface area contributed by atoms with Gasteiger partial charge in [-0.25, -0.2) is 4.98 Å². The number of carbonyl (C=O) groups is 1. The quantitative estimate of drug-likeness (QED) is 0.700. The zero-order valence-corrected chi connectivity index (χ0v) is 16.8. The molecule has 0 fully saturated rings. The van der Waals surface area contributed by atoms with Crippen LogP contribution >= 0.6 is 11.8 Å². The zero-order chi connectivity index (χ0) is 20.0. The SMILES string of the molecule is Cc1nc(S[C@@H](C)C(=O)N(CCC#N)c2ccccc2)c(C#N)c(C)c1C. The van der Waals surface area contributed by atoms with Gasteiger partial charge in [0.05, 0.1) is 23.3 Å². The lowest BCUT2D eigenvalue weighted by molar-refractivity contribution is -0.117. The highest BCUT2D eigenvalue weighted by Gasteiger charge is 2.25. The van der Waals surface area contributed by atoms with Crippen molar-refractivity contribution in [3.8, 4) is 12.1 Å². The summed E-state index contributed by atoms with van der Waals surface area (Å²) in [6.45, 7) is 7.89. The van der Waals surface area contributed by atoms with Gasteiger partial charge in [-0.2, -0.15) is 10.5 Å². The van der Waals surface area contributed by atoms with Gasteiger partial charge in [0.25, 0.3) is 0 Å². The molecule has 0 aliphatic rings. The van der Waals surface area contributed by atoms with Crippen molar-refractivity contribution in [1.82, 2.24) is 4.98 Å². The molecule has 0 aliphatic carbocycles. The van der Waals surface area contributed by atoms with Crippen LogP contribution in [-0.4, -0.2) is 22.7 Å². The second-order valence-electron chi connectivity index (χ2n) is 6.23. The first-order chi connectivity index (χ1) is 12.9. The second-order valence-corrected chi connectivity index (χ2v) is 7.56. The zero-order valence-electron chi connectivity index (χ0n) is 16.0. The van der Waals surface area contributed by atoms with E-state index in [2.05, 4.69) is 17.1 Å². The standard InChI is InChI=1S/C21H22N4OS/c1-14-15(2)19(13-23)20(24-16(14)3)27-17(4)21(26)25(12-8-11-22)18-9-6-5-7-10-18/h5-7,9-10,17H,8,12H2,1-4H3/t17-/m0/s1. The Balaban J connectivity index is 2.31. The summed E-state index contributed by atoms with van der Waals surface area (Å²) in [4.78, 5) is 19.2. The predicted octanol–water partition coefficient (Wildman–Crippen LogP) is 4.31. The van der Waals surface area contributed by atoms with Crippen LogP contribution in [0.5, 0.6) is 0 Å². The molecule has 0 aliphatic heterocycles. The average Bonchev–Trinajstić information content (AvgIpc) is 2.67. The van der Waals surface area contributed by atoms with E-state index >= 15 is 0 Å². The Hall–Kier alpha value is -2.83. The van der Waals surface area contributed by atoms with E-state index in [9.17, 15) is 10.1 Å². The summed E-state index contributed by atoms with van der Waals surface area (Å²) in [5, 5.41) is 18.6. The number of rotatable bonds is 6. The number of benzene rings is 1. The van der Waals surface area contributed by atoms with E-state index in [1.165, 1.54) is 11.8 Å². The van der Waals surface area contributed by atoms with E-state index in [1.54, 1.807) is 4.90 Å². The van der Waals surface area contributed by atoms with Crippen LogP contribution in [0.25, 0.3) is 0 Å². The Kier molecular flexibility index (Phi) is 6.98. The number of carbonyl (C=O) groups excluding carboxylic acids is 1. The molecule has 138 valence electrons. The Bertz CT molecular complexity index is 913. The average molecular weight is 379 g/mol. The van der Waals surface area contributed by atoms with Crippen molar-refractivity contribution in [2.75, 3.05) is 11.4 Å². The molecule has 2 aromatic rings. The largest absolute Gasteiger partial charge is 0.310 e. The molecule has 1 aromatic carbocycles. The maximum absolute atomic E-state index is 13.1. The molecule has 1 heterocycles. The first-order valence-corrected chi connectivity index (χ1v) is 9.56. The van der Waals surface area contributed by atoms with Crippen LogP contribution in [0.3, 0.4) is 0 Å². The minimum Gasteiger partial charge on any atom is -0.310 e. The summed E-state index contributed by atoms with van der Waals surface area (Å²) in [5.74, 6) is -0.108. The van der Waals surface area contributed by atoms with Crippen LogP contribution in [0.4, 0.5) is 5.69 Å². The number of thioether (sulfide) groups is 1. The number of aromatic nitrogens is 1. The molecule has 0 saturated heterocycles. The fourth-order valence-corrected chi connectivity index (χ4v) is 3.77. The molecule has 1 amide bonds. The van der Waals surface area contributed by atoms with Crippen LogP contribution < -0.4 is 4.90 Å². The van der Waals surface area contributed by atoms with Crippen molar-refractivity contribution in [2.45, 2.75) is 44.4 Å². The van der Waals surface area contributed by atoms with Crippen LogP contribution in [0.1, 0.15) is 35.7 Å². The lowest BCUT2D eigenvalue weighted by Gasteiger charge is -2.25. The summed E-state index contributed by atoms with van der Waals surface area (Å²) in [6.07, 6.45) is 0.252. The maximum atomic E-state index is 13.1. The number of anilines is 1. The normalized spacial score (nSPS) is 11.3. The first-order valence-electron chi connectivity index (χ1n) is 8.68. The van der Waals surface area contributed by atoms with Gasteiger partial charge in [0.1, 0.15) is 11.1 Å². The summed E-state index contributed by atoms with van der Waals surface area (Å²) >= 11 is 1.29. The molecule has 27 heavy (non-hydrogen) atoms. The van der Waals surface area contributed by atoms with Gasteiger partial charge in [-0.05, 0) is 51.0 Å². The minimum atomic E-state index is -0.440. The number of hydrogen-bond donors (Lipinski definition) is 0. The van der Waals surface area contributed by atoms with Crippen LogP contribution in [-0.2, 0) is 4.79 Å². The summed E-state index contributed by atoms with van der Waals surface area (Å²) in [7, 11) is 0. The smallest absolute Gasteiger partial charge is 0.240 e. The number of hydrogen-bond acceptors (Lipinski definition) is 5. The summed E-state index contributed by atoms with van der Waals surface area (Å²) < 4.78 is 0. The lowest BCUT2D eigenvalue weighted by Crippen LogP contribution is -2.37. The maximum Gasteiger partial charge on any atom is 0.240 e. The van der Waals surface area contributed by atoms with E-state index in [4.69, 9.17) is 5.26 Å². The van der Waals surface area contributed by atoms with Gasteiger partial charge in [0, 0.05) is 17.9 Å². The molecule has 1 aromatic heterocycles. The monoisotopic (exact) mass is 378 g/mol. The van der Waals surface area contributed by atoms with Crippen molar-refractivity contribution < 1.29 is 4.79 Å². The molecule has 2 rings (SSSR count). The van der Waals surface area contributed by atoms with E-state index in [0.29, 0.717) is 17.1 Å². The van der Waals surface area contributed by atoms with Gasteiger partial charge in [0.2, 0.25) is 5.91 Å². The van der Waals surface area contributed by atoms with Gasteiger partial charge >= 0.3 is 0 Å². The van der Waals surface area contributed by atoms with Gasteiger partial charge in [-0.3, -0.25) is 4.79 Å². The van der Waals surface area contributed by atoms with E-state index in [1.807, 2.05) is 58.0 Å². The third-order valence-corrected chi connectivity index (χ3v) is 5.57. The van der Waals surface area contributed by atoms with Crippen LogP contribution in [0.2, 0.25) is 0 Å². The Morgan fingerprint density at radius 3 is 2.44 bits per heavy atom. The van der Waals surface area contributed by atoms with E-state index in [0.717, 1.165) is 22.5 Å². The van der Waals surface area contributed by atoms with Crippen molar-refractivity contribution >= 4 is 23.4 Å². The molecule has 6 heteroatoms. The number of amides is 1. The van der Waals surface area contributed by atoms with Gasteiger partial charge < -0.3 is 4.90 Å². The predicted molar refractivity (Wildman–Crippen MR) is 108 cm³/mol. The molecule has 1 atom stereocenters. The molecule has 0 saturated carbocycles. The third-order valence-electron chi connectivity index (χ3n) is 4.49. The second kappa shape index (κ2) is 9.21. The summed E-state index contributed by atoms with van der Waals surface area (Å²) in [5.41, 5.74) is 4.03. The summed E-state index contributed by atoms with van der Waals surface area (Å²) in [6, 6.07) is 13.6. The topological polar surface area (TPSA) is 80.8 Å². The number of aryl methyl sites for hydroxylation is 1. The first kappa shape index (κ1) is 20.5. The number of nitrogens with zero attached hydrogens (tertiary/aromatic N) is 4. The molecular weight excluding hydrogens is 356 g/mol. The van der Waals surface area contributed by atoms with Gasteiger partial charge in [-0.1, -0.05) is 30.0 Å². The highest BCUT2D eigenvalue weighted by atomic mass is 32.2. The molecular formula is C21H22N4OS. The highest BCUT2D eigenvalue weighted by Crippen LogP contribution is 2.31. The van der Waals surface area contributed by atoms with Crippen molar-refractivity contribution in [3.05, 3.63) is 52.7 Å². The molecule has 5 nitrogen and oxygen atoms in total. The Labute approximate surface area is 164 Å². The van der Waals surface area contributed by atoms with Crippen molar-refractivity contribution in [2.24, 2.45) is 0 Å². The van der Waals surface area contributed by atoms with Crippen molar-refractivity contribution in [3.63, 3.8) is 0 Å². The van der Waals surface area contributed by atoms with Gasteiger partial charge in [0.15, 0.2) is 0 Å². The minimum absolute atomic E-state index is 0.108. The fraction of sp³-hybridized carbons (Fsp3) is 0.333. The number of pyridine rings is 1. The van der Waals surface area contributed by atoms with E-state index in [-0.39, 0.29) is 12.3 Å². The Morgan fingerprint density at radius 1 is 1.19 bits per heavy atom. The molecule has 0 radical (unpaired) electrons.